The average Bonchev–Trinajstić information content (AvgIpc) is 3.35. The second-order valence-corrected chi connectivity index (χ2v) is 21.0. The number of rotatable bonds is 9. The molecule has 0 bridgehead atoms. The van der Waals surface area contributed by atoms with Gasteiger partial charge < -0.3 is 16.6 Å². The minimum Gasteiger partial charge on any atom is -0.374 e. The van der Waals surface area contributed by atoms with Crippen molar-refractivity contribution in [3.8, 4) is 0 Å². The minimum atomic E-state index is -0.446. The molecular weight excluding hydrogens is 1210 g/mol. The molecule has 0 unspecified atom stereocenters. The van der Waals surface area contributed by atoms with Crippen LogP contribution in [-0.2, 0) is 49.6 Å². The summed E-state index contributed by atoms with van der Waals surface area (Å²) in [6.45, 7) is 3.12. The Balaban J connectivity index is 0.000000198. The first-order chi connectivity index (χ1) is 31.0. The van der Waals surface area contributed by atoms with E-state index in [9.17, 15) is 4.79 Å². The average molecular weight is 1270 g/mol. The van der Waals surface area contributed by atoms with E-state index in [0.717, 1.165) is 0 Å². The first-order valence-electron chi connectivity index (χ1n) is 20.9. The zero-order chi connectivity index (χ0) is 43.9. The van der Waals surface area contributed by atoms with Gasteiger partial charge >= 0.3 is 22.4 Å². The number of hydrogen-bond donors (Lipinski definition) is 0. The van der Waals surface area contributed by atoms with E-state index in [1.54, 1.807) is 14.1 Å². The molecule has 333 valence electrons. The molecule has 0 atom stereocenters. The third-order valence-electron chi connectivity index (χ3n) is 9.63. The van der Waals surface area contributed by atoms with E-state index < -0.39 is 23.8 Å². The molecule has 9 aromatic rings. The third-order valence-corrected chi connectivity index (χ3v) is 17.0. The van der Waals surface area contributed by atoms with Crippen molar-refractivity contribution in [3.05, 3.63) is 280 Å². The van der Waals surface area contributed by atoms with E-state index in [1.165, 1.54) is 52.6 Å². The monoisotopic (exact) mass is 1270 g/mol. The van der Waals surface area contributed by atoms with Crippen molar-refractivity contribution >= 4 is 77.4 Å². The summed E-state index contributed by atoms with van der Waals surface area (Å²) in [5.41, 5.74) is 0. The van der Waals surface area contributed by atoms with Crippen molar-refractivity contribution in [2.75, 3.05) is 14.1 Å². The molecule has 7 heteroatoms. The van der Waals surface area contributed by atoms with Gasteiger partial charge in [-0.3, -0.25) is 0 Å². The molecule has 0 N–H and O–H groups in total. The van der Waals surface area contributed by atoms with Crippen molar-refractivity contribution in [2.45, 2.75) is 0 Å². The van der Waals surface area contributed by atoms with Gasteiger partial charge in [-0.2, -0.15) is 0 Å². The van der Waals surface area contributed by atoms with E-state index in [-0.39, 0.29) is 50.7 Å². The number of carbonyl (C=O) groups is 1. The molecular formula is C58H53Au2NOP3. The summed E-state index contributed by atoms with van der Waals surface area (Å²) < 4.78 is 0. The molecule has 1 amide bonds. The van der Waals surface area contributed by atoms with Crippen LogP contribution in [0.25, 0.3) is 0 Å². The van der Waals surface area contributed by atoms with Crippen LogP contribution < -0.4 is 47.7 Å². The van der Waals surface area contributed by atoms with Crippen molar-refractivity contribution in [2.24, 2.45) is 0 Å². The zero-order valence-corrected chi connectivity index (χ0v) is 43.5. The quantitative estimate of drug-likeness (QED) is 0.0802. The summed E-state index contributed by atoms with van der Waals surface area (Å²) in [6, 6.07) is 97.0. The maximum atomic E-state index is 9.96. The van der Waals surface area contributed by atoms with Gasteiger partial charge in [0.1, 0.15) is 0 Å². The van der Waals surface area contributed by atoms with Crippen LogP contribution in [0.3, 0.4) is 0 Å². The van der Waals surface area contributed by atoms with Gasteiger partial charge in [0, 0.05) is 36.5 Å². The third kappa shape index (κ3) is 16.8. The Morgan fingerprint density at radius 1 is 0.292 bits per heavy atom. The molecule has 0 saturated carbocycles. The Morgan fingerprint density at radius 2 is 0.385 bits per heavy atom. The van der Waals surface area contributed by atoms with Crippen LogP contribution in [0.1, 0.15) is 0 Å². The zero-order valence-electron chi connectivity index (χ0n) is 36.5. The molecule has 0 aromatic heterocycles. The van der Waals surface area contributed by atoms with E-state index in [2.05, 4.69) is 280 Å². The van der Waals surface area contributed by atoms with Crippen molar-refractivity contribution in [1.29, 1.82) is 0 Å². The molecule has 0 saturated heterocycles. The number of carbonyl (C=O) groups excluding carboxylic acids is 1. The summed E-state index contributed by atoms with van der Waals surface area (Å²) in [7, 11) is 1.99. The molecule has 0 aliphatic rings. The maximum Gasteiger partial charge on any atom is 1.00 e. The largest absolute Gasteiger partial charge is 1.00 e. The van der Waals surface area contributed by atoms with Crippen LogP contribution in [0, 0.1) is 6.92 Å². The van der Waals surface area contributed by atoms with Gasteiger partial charge in [-0.15, -0.1) is 0 Å². The summed E-state index contributed by atoms with van der Waals surface area (Å²) in [5, 5.41) is 12.6. The van der Waals surface area contributed by atoms with Gasteiger partial charge in [0.2, 0.25) is 0 Å². The second kappa shape index (κ2) is 29.6. The normalized spacial score (nSPS) is 9.98. The standard InChI is InChI=1S/3C18H15P.C4H8NO.2Au/c3*1-4-10-16(11-5-1)19(17-12-6-2-7-13-17)18-14-8-3-9-15-18;1-4(6)5(2)3;;/h3*1-15H;1H2,2-3H3;;/q;;;-1;;+1. The van der Waals surface area contributed by atoms with Crippen LogP contribution in [0.15, 0.2) is 273 Å². The van der Waals surface area contributed by atoms with E-state index in [4.69, 9.17) is 0 Å². The molecule has 65 heavy (non-hydrogen) atoms. The topological polar surface area (TPSA) is 20.3 Å². The number of benzene rings is 9. The summed E-state index contributed by atoms with van der Waals surface area (Å²) >= 11 is 0. The van der Waals surface area contributed by atoms with Crippen LogP contribution in [0.4, 0.5) is 0 Å². The van der Waals surface area contributed by atoms with Crippen molar-refractivity contribution in [1.82, 2.24) is 4.90 Å². The number of amides is 1. The predicted molar refractivity (Wildman–Crippen MR) is 279 cm³/mol. The van der Waals surface area contributed by atoms with Gasteiger partial charge in [-0.1, -0.05) is 273 Å². The van der Waals surface area contributed by atoms with E-state index in [0.29, 0.717) is 0 Å². The fourth-order valence-electron chi connectivity index (χ4n) is 6.54. The summed E-state index contributed by atoms with van der Waals surface area (Å²) in [5.74, 6) is -0.157. The molecule has 0 fully saturated rings. The number of hydrogen-bond acceptors (Lipinski definition) is 1. The second-order valence-electron chi connectivity index (χ2n) is 14.3. The molecule has 0 aliphatic carbocycles. The Labute approximate surface area is 422 Å². The Kier molecular flexibility index (Phi) is 24.0. The number of nitrogens with zero attached hydrogens (tertiary/aromatic N) is 1. The molecule has 9 aromatic carbocycles. The summed E-state index contributed by atoms with van der Waals surface area (Å²) in [4.78, 5) is 11.4. The Morgan fingerprint density at radius 3 is 0.462 bits per heavy atom. The van der Waals surface area contributed by atoms with Crippen LogP contribution in [0.5, 0.6) is 0 Å². The first-order valence-corrected chi connectivity index (χ1v) is 24.9. The Bertz CT molecular complexity index is 2040. The maximum absolute atomic E-state index is 9.96. The molecule has 2 nitrogen and oxygen atoms in total. The molecule has 0 heterocycles. The molecule has 1 radical (unpaired) electrons. The SMILES string of the molecule is [Au+].[Au].[CH2-]C(=O)N(C)C.c1ccc(P(c2ccccc2)c2ccccc2)cc1.c1ccc(P(c2ccccc2)c2ccccc2)cc1.c1ccc(P(c2ccccc2)c2ccccc2)cc1. The first kappa shape index (κ1) is 52.7. The fraction of sp³-hybridized carbons (Fsp3) is 0.0345. The minimum absolute atomic E-state index is 0. The van der Waals surface area contributed by atoms with Crippen molar-refractivity contribution < 1.29 is 49.6 Å². The predicted octanol–water partition coefficient (Wildman–Crippen LogP) is 10.2. The summed E-state index contributed by atoms with van der Waals surface area (Å²) in [6.07, 6.45) is 0. The molecule has 9 rings (SSSR count). The van der Waals surface area contributed by atoms with Gasteiger partial charge in [0.25, 0.3) is 0 Å². The van der Waals surface area contributed by atoms with Crippen LogP contribution in [-0.4, -0.2) is 24.9 Å². The van der Waals surface area contributed by atoms with Gasteiger partial charge in [0.05, 0.1) is 5.91 Å². The van der Waals surface area contributed by atoms with Gasteiger partial charge in [-0.05, 0) is 71.5 Å². The smallest absolute Gasteiger partial charge is 0.374 e. The van der Waals surface area contributed by atoms with E-state index in [1.807, 2.05) is 0 Å². The van der Waals surface area contributed by atoms with Gasteiger partial charge in [-0.25, -0.2) is 0 Å². The van der Waals surface area contributed by atoms with Gasteiger partial charge in [0.15, 0.2) is 0 Å². The van der Waals surface area contributed by atoms with Crippen LogP contribution >= 0.6 is 23.8 Å². The molecule has 0 aliphatic heterocycles. The van der Waals surface area contributed by atoms with Crippen molar-refractivity contribution in [3.63, 3.8) is 0 Å². The molecule has 0 spiro atoms. The van der Waals surface area contributed by atoms with Crippen LogP contribution in [0.2, 0.25) is 0 Å². The fourth-order valence-corrected chi connectivity index (χ4v) is 13.5. The van der Waals surface area contributed by atoms with E-state index >= 15 is 0 Å². The Hall–Kier alpha value is -4.91.